The first-order valence-electron chi connectivity index (χ1n) is 12.5. The third kappa shape index (κ3) is 3.75. The number of fused-ring (bicyclic) bond motifs is 3. The molecule has 31 heavy (non-hydrogen) atoms. The summed E-state index contributed by atoms with van der Waals surface area (Å²) in [7, 11) is 0. The predicted molar refractivity (Wildman–Crippen MR) is 126 cm³/mol. The number of carbonyl (C=O) groups excluding carboxylic acids is 1. The van der Waals surface area contributed by atoms with Crippen LogP contribution in [-0.4, -0.2) is 47.0 Å². The van der Waals surface area contributed by atoms with Crippen molar-refractivity contribution in [2.45, 2.75) is 77.0 Å². The average molecular weight is 439 g/mol. The van der Waals surface area contributed by atoms with E-state index in [9.17, 15) is 4.79 Å². The van der Waals surface area contributed by atoms with Gasteiger partial charge in [0.25, 0.3) is 0 Å². The minimum Gasteiger partial charge on any atom is -0.352 e. The third-order valence-corrected chi connectivity index (χ3v) is 9.09. The molecule has 3 heterocycles. The largest absolute Gasteiger partial charge is 0.352 e. The normalized spacial score (nSPS) is 25.1. The van der Waals surface area contributed by atoms with Crippen molar-refractivity contribution in [3.63, 3.8) is 0 Å². The molecule has 1 unspecified atom stereocenters. The standard InChI is InChI=1S/C25H34N4OS/c1-16-7-10-19-20(15-16)31-24-21(19)23(26-22(27-24)17-8-9-17)28-11-13-29(14-12-28)25(30)18-5-3-2-4-6-18/h16-18H,2-15H2,1H3. The van der Waals surface area contributed by atoms with Crippen molar-refractivity contribution < 1.29 is 4.79 Å². The van der Waals surface area contributed by atoms with E-state index in [0.717, 1.165) is 57.2 Å². The van der Waals surface area contributed by atoms with Crippen LogP contribution in [0.1, 0.15) is 80.5 Å². The zero-order chi connectivity index (χ0) is 20.9. The highest BCUT2D eigenvalue weighted by molar-refractivity contribution is 7.19. The number of nitrogens with zero attached hydrogens (tertiary/aromatic N) is 4. The molecular formula is C25H34N4OS. The number of aromatic nitrogens is 2. The van der Waals surface area contributed by atoms with Crippen LogP contribution in [0.5, 0.6) is 0 Å². The summed E-state index contributed by atoms with van der Waals surface area (Å²) in [6.45, 7) is 5.84. The number of hydrogen-bond donors (Lipinski definition) is 0. The van der Waals surface area contributed by atoms with Gasteiger partial charge in [0, 0.05) is 42.9 Å². The molecule has 2 aromatic heterocycles. The first-order chi connectivity index (χ1) is 15.2. The molecule has 1 aliphatic heterocycles. The van der Waals surface area contributed by atoms with Gasteiger partial charge in [-0.1, -0.05) is 26.2 Å². The van der Waals surface area contributed by atoms with Crippen molar-refractivity contribution in [1.29, 1.82) is 0 Å². The Morgan fingerprint density at radius 1 is 0.968 bits per heavy atom. The number of aryl methyl sites for hydroxylation is 1. The Labute approximate surface area is 189 Å². The molecule has 5 nitrogen and oxygen atoms in total. The van der Waals surface area contributed by atoms with Gasteiger partial charge in [-0.15, -0.1) is 11.3 Å². The van der Waals surface area contributed by atoms with Gasteiger partial charge in [0.2, 0.25) is 5.91 Å². The van der Waals surface area contributed by atoms with E-state index in [2.05, 4.69) is 16.7 Å². The van der Waals surface area contributed by atoms with Crippen LogP contribution in [0.3, 0.4) is 0 Å². The summed E-state index contributed by atoms with van der Waals surface area (Å²) >= 11 is 1.92. The summed E-state index contributed by atoms with van der Waals surface area (Å²) in [5.74, 6) is 4.26. The number of amides is 1. The van der Waals surface area contributed by atoms with Gasteiger partial charge in [0.1, 0.15) is 16.5 Å². The molecule has 0 bridgehead atoms. The van der Waals surface area contributed by atoms with Crippen molar-refractivity contribution in [2.24, 2.45) is 11.8 Å². The van der Waals surface area contributed by atoms with Gasteiger partial charge in [0.15, 0.2) is 0 Å². The summed E-state index contributed by atoms with van der Waals surface area (Å²) in [5, 5.41) is 1.34. The molecule has 6 heteroatoms. The van der Waals surface area contributed by atoms with E-state index in [0.29, 0.717) is 11.8 Å². The molecule has 3 aliphatic carbocycles. The van der Waals surface area contributed by atoms with Crippen LogP contribution in [0.4, 0.5) is 5.82 Å². The Hall–Kier alpha value is -1.69. The summed E-state index contributed by atoms with van der Waals surface area (Å²) in [4.78, 5) is 30.6. The van der Waals surface area contributed by atoms with Gasteiger partial charge >= 0.3 is 0 Å². The fraction of sp³-hybridized carbons (Fsp3) is 0.720. The fourth-order valence-corrected chi connectivity index (χ4v) is 7.22. The van der Waals surface area contributed by atoms with E-state index < -0.39 is 0 Å². The summed E-state index contributed by atoms with van der Waals surface area (Å²) in [6, 6.07) is 0. The molecule has 1 atom stereocenters. The molecule has 0 aromatic carbocycles. The Kier molecular flexibility index (Phi) is 5.16. The van der Waals surface area contributed by atoms with E-state index in [-0.39, 0.29) is 5.92 Å². The molecule has 0 N–H and O–H groups in total. The molecule has 3 fully saturated rings. The van der Waals surface area contributed by atoms with Gasteiger partial charge < -0.3 is 9.80 Å². The van der Waals surface area contributed by atoms with Crippen LogP contribution in [0.2, 0.25) is 0 Å². The molecule has 2 saturated carbocycles. The van der Waals surface area contributed by atoms with Crippen LogP contribution >= 0.6 is 11.3 Å². The van der Waals surface area contributed by atoms with Crippen LogP contribution in [0, 0.1) is 11.8 Å². The molecule has 2 aromatic rings. The van der Waals surface area contributed by atoms with Crippen molar-refractivity contribution in [3.05, 3.63) is 16.3 Å². The molecule has 6 rings (SSSR count). The summed E-state index contributed by atoms with van der Waals surface area (Å²) in [6.07, 6.45) is 12.0. The first kappa shape index (κ1) is 20.0. The maximum Gasteiger partial charge on any atom is 0.225 e. The van der Waals surface area contributed by atoms with Gasteiger partial charge in [-0.2, -0.15) is 0 Å². The molecule has 1 saturated heterocycles. The van der Waals surface area contributed by atoms with Crippen LogP contribution in [-0.2, 0) is 17.6 Å². The van der Waals surface area contributed by atoms with Crippen molar-refractivity contribution in [2.75, 3.05) is 31.1 Å². The number of piperazine rings is 1. The Morgan fingerprint density at radius 2 is 1.74 bits per heavy atom. The van der Waals surface area contributed by atoms with Crippen LogP contribution < -0.4 is 4.90 Å². The fourth-order valence-electron chi connectivity index (χ4n) is 5.84. The summed E-state index contributed by atoms with van der Waals surface area (Å²) < 4.78 is 0. The van der Waals surface area contributed by atoms with E-state index >= 15 is 0 Å². The van der Waals surface area contributed by atoms with Crippen molar-refractivity contribution in [3.8, 4) is 0 Å². The number of rotatable bonds is 3. The lowest BCUT2D eigenvalue weighted by Crippen LogP contribution is -2.51. The Morgan fingerprint density at radius 3 is 2.48 bits per heavy atom. The van der Waals surface area contributed by atoms with E-state index in [1.54, 1.807) is 4.88 Å². The predicted octanol–water partition coefficient (Wildman–Crippen LogP) is 4.92. The molecular weight excluding hydrogens is 404 g/mol. The highest BCUT2D eigenvalue weighted by atomic mass is 32.1. The maximum absolute atomic E-state index is 13.0. The second-order valence-corrected chi connectivity index (χ2v) is 11.4. The lowest BCUT2D eigenvalue weighted by atomic mass is 9.88. The van der Waals surface area contributed by atoms with Crippen molar-refractivity contribution in [1.82, 2.24) is 14.9 Å². The second kappa shape index (κ2) is 8.02. The molecule has 0 radical (unpaired) electrons. The minimum atomic E-state index is 0.276. The van der Waals surface area contributed by atoms with E-state index in [1.165, 1.54) is 66.5 Å². The lowest BCUT2D eigenvalue weighted by molar-refractivity contribution is -0.136. The first-order valence-corrected chi connectivity index (χ1v) is 13.3. The minimum absolute atomic E-state index is 0.276. The monoisotopic (exact) mass is 438 g/mol. The Balaban J connectivity index is 1.27. The Bertz CT molecular complexity index is 983. The highest BCUT2D eigenvalue weighted by Gasteiger charge is 2.33. The van der Waals surface area contributed by atoms with Crippen LogP contribution in [0.25, 0.3) is 10.2 Å². The number of carbonyl (C=O) groups is 1. The molecule has 166 valence electrons. The molecule has 1 amide bonds. The smallest absolute Gasteiger partial charge is 0.225 e. The summed E-state index contributed by atoms with van der Waals surface area (Å²) in [5.41, 5.74) is 1.52. The third-order valence-electron chi connectivity index (χ3n) is 7.94. The van der Waals surface area contributed by atoms with Gasteiger partial charge in [-0.05, 0) is 56.4 Å². The van der Waals surface area contributed by atoms with Gasteiger partial charge in [-0.3, -0.25) is 4.79 Å². The molecule has 4 aliphatic rings. The van der Waals surface area contributed by atoms with Crippen molar-refractivity contribution >= 4 is 33.3 Å². The average Bonchev–Trinajstić information content (AvgIpc) is 3.59. The van der Waals surface area contributed by atoms with E-state index in [1.807, 2.05) is 11.3 Å². The zero-order valence-corrected chi connectivity index (χ0v) is 19.6. The maximum atomic E-state index is 13.0. The SMILES string of the molecule is CC1CCc2c(sc3nc(C4CC4)nc(N4CCN(C(=O)C5CCCCC5)CC4)c23)C1. The van der Waals surface area contributed by atoms with E-state index in [4.69, 9.17) is 9.97 Å². The topological polar surface area (TPSA) is 49.3 Å². The highest BCUT2D eigenvalue weighted by Crippen LogP contribution is 2.45. The number of thiophene rings is 1. The van der Waals surface area contributed by atoms with Crippen LogP contribution in [0.15, 0.2) is 0 Å². The van der Waals surface area contributed by atoms with Gasteiger partial charge in [-0.25, -0.2) is 9.97 Å². The number of hydrogen-bond acceptors (Lipinski definition) is 5. The second-order valence-electron chi connectivity index (χ2n) is 10.4. The zero-order valence-electron chi connectivity index (χ0n) is 18.7. The molecule has 0 spiro atoms. The van der Waals surface area contributed by atoms with Gasteiger partial charge in [0.05, 0.1) is 5.39 Å². The quantitative estimate of drug-likeness (QED) is 0.682. The lowest BCUT2D eigenvalue weighted by Gasteiger charge is -2.38. The number of anilines is 1.